The van der Waals surface area contributed by atoms with E-state index in [2.05, 4.69) is 31.1 Å². The molecule has 0 saturated carbocycles. The number of aromatic nitrogens is 1. The van der Waals surface area contributed by atoms with E-state index in [0.717, 1.165) is 31.6 Å². The van der Waals surface area contributed by atoms with Gasteiger partial charge in [-0.3, -0.25) is 9.78 Å². The molecular weight excluding hydrogens is 326 g/mol. The van der Waals surface area contributed by atoms with E-state index in [-0.39, 0.29) is 30.5 Å². The molecule has 136 valence electrons. The van der Waals surface area contributed by atoms with Gasteiger partial charge in [0.25, 0.3) is 0 Å². The van der Waals surface area contributed by atoms with Crippen LogP contribution in [0.5, 0.6) is 0 Å². The number of carbonyl (C=O) groups is 1. The standard InChI is InChI=1S/C18H29N3O2.ClH/c1-14(2)11-15(3)23-10-6-18(22)21-9-8-20-13-17(21)16-5-4-7-19-12-16;/h4-5,7,12,14-15,17,20H,6,8-11,13H2,1-3H3;1H. The van der Waals surface area contributed by atoms with E-state index >= 15 is 0 Å². The molecule has 2 rings (SSSR count). The Kier molecular flexibility index (Phi) is 9.26. The summed E-state index contributed by atoms with van der Waals surface area (Å²) in [7, 11) is 0. The quantitative estimate of drug-likeness (QED) is 0.817. The Labute approximate surface area is 151 Å². The van der Waals surface area contributed by atoms with Crippen LogP contribution in [-0.2, 0) is 9.53 Å². The second-order valence-electron chi connectivity index (χ2n) is 6.65. The fraction of sp³-hybridized carbons (Fsp3) is 0.667. The van der Waals surface area contributed by atoms with E-state index in [4.69, 9.17) is 4.74 Å². The van der Waals surface area contributed by atoms with Gasteiger partial charge in [-0.1, -0.05) is 19.9 Å². The van der Waals surface area contributed by atoms with Crippen molar-refractivity contribution in [3.8, 4) is 0 Å². The molecule has 2 atom stereocenters. The topological polar surface area (TPSA) is 54.5 Å². The predicted molar refractivity (Wildman–Crippen MR) is 98.3 cm³/mol. The summed E-state index contributed by atoms with van der Waals surface area (Å²) in [5.74, 6) is 0.779. The third kappa shape index (κ3) is 6.38. The van der Waals surface area contributed by atoms with Crippen LogP contribution in [0.15, 0.2) is 24.5 Å². The van der Waals surface area contributed by atoms with Gasteiger partial charge in [-0.15, -0.1) is 12.4 Å². The normalized spacial score (nSPS) is 19.0. The SMILES string of the molecule is CC(C)CC(C)OCCC(=O)N1CCNCC1c1cccnc1.Cl. The van der Waals surface area contributed by atoms with Gasteiger partial charge in [0.1, 0.15) is 0 Å². The van der Waals surface area contributed by atoms with Crippen molar-refractivity contribution in [2.75, 3.05) is 26.2 Å². The van der Waals surface area contributed by atoms with E-state index in [1.54, 1.807) is 6.20 Å². The van der Waals surface area contributed by atoms with Crippen molar-refractivity contribution in [3.05, 3.63) is 30.1 Å². The van der Waals surface area contributed by atoms with Gasteiger partial charge in [0.15, 0.2) is 0 Å². The number of piperazine rings is 1. The summed E-state index contributed by atoms with van der Waals surface area (Å²) in [5, 5.41) is 3.36. The summed E-state index contributed by atoms with van der Waals surface area (Å²) < 4.78 is 5.78. The number of hydrogen-bond acceptors (Lipinski definition) is 4. The minimum absolute atomic E-state index is 0. The molecule has 0 bridgehead atoms. The van der Waals surface area contributed by atoms with E-state index in [1.807, 2.05) is 23.2 Å². The van der Waals surface area contributed by atoms with Crippen LogP contribution >= 0.6 is 12.4 Å². The summed E-state index contributed by atoms with van der Waals surface area (Å²) in [6.07, 6.45) is 5.29. The Morgan fingerprint density at radius 2 is 2.25 bits per heavy atom. The largest absolute Gasteiger partial charge is 0.378 e. The van der Waals surface area contributed by atoms with Gasteiger partial charge >= 0.3 is 0 Å². The number of halogens is 1. The molecule has 2 heterocycles. The van der Waals surface area contributed by atoms with Crippen LogP contribution in [0.2, 0.25) is 0 Å². The summed E-state index contributed by atoms with van der Waals surface area (Å²) in [5.41, 5.74) is 1.09. The van der Waals surface area contributed by atoms with Crippen molar-refractivity contribution < 1.29 is 9.53 Å². The maximum Gasteiger partial charge on any atom is 0.225 e. The second kappa shape index (κ2) is 10.6. The lowest BCUT2D eigenvalue weighted by Gasteiger charge is -2.36. The Bertz CT molecular complexity index is 484. The molecule has 1 aromatic heterocycles. The van der Waals surface area contributed by atoms with Crippen LogP contribution in [0.4, 0.5) is 0 Å². The molecule has 1 saturated heterocycles. The Hall–Kier alpha value is -1.17. The first-order valence-electron chi connectivity index (χ1n) is 8.59. The number of pyridine rings is 1. The first kappa shape index (κ1) is 20.9. The number of amides is 1. The number of ether oxygens (including phenoxy) is 1. The zero-order valence-corrected chi connectivity index (χ0v) is 15.7. The molecule has 0 spiro atoms. The second-order valence-corrected chi connectivity index (χ2v) is 6.65. The van der Waals surface area contributed by atoms with Crippen molar-refractivity contribution in [1.82, 2.24) is 15.2 Å². The number of nitrogens with zero attached hydrogens (tertiary/aromatic N) is 2. The van der Waals surface area contributed by atoms with Gasteiger partial charge < -0.3 is 15.0 Å². The fourth-order valence-electron chi connectivity index (χ4n) is 3.10. The highest BCUT2D eigenvalue weighted by molar-refractivity contribution is 5.85. The molecule has 1 fully saturated rings. The molecule has 5 nitrogen and oxygen atoms in total. The van der Waals surface area contributed by atoms with E-state index in [0.29, 0.717) is 18.9 Å². The van der Waals surface area contributed by atoms with Crippen molar-refractivity contribution in [2.24, 2.45) is 5.92 Å². The predicted octanol–water partition coefficient (Wildman–Crippen LogP) is 2.82. The maximum atomic E-state index is 12.6. The highest BCUT2D eigenvalue weighted by Crippen LogP contribution is 2.22. The zero-order valence-electron chi connectivity index (χ0n) is 14.9. The van der Waals surface area contributed by atoms with Gasteiger partial charge in [0.2, 0.25) is 5.91 Å². The lowest BCUT2D eigenvalue weighted by atomic mass is 10.0. The molecule has 1 aliphatic heterocycles. The molecular formula is C18H30ClN3O2. The summed E-state index contributed by atoms with van der Waals surface area (Å²) in [6.45, 7) is 9.30. The van der Waals surface area contributed by atoms with E-state index < -0.39 is 0 Å². The average molecular weight is 356 g/mol. The summed E-state index contributed by atoms with van der Waals surface area (Å²) in [4.78, 5) is 18.7. The van der Waals surface area contributed by atoms with Gasteiger partial charge in [0.05, 0.1) is 25.2 Å². The highest BCUT2D eigenvalue weighted by atomic mass is 35.5. The van der Waals surface area contributed by atoms with E-state index in [9.17, 15) is 4.79 Å². The number of nitrogens with one attached hydrogen (secondary N) is 1. The molecule has 1 N–H and O–H groups in total. The van der Waals surface area contributed by atoms with Crippen LogP contribution in [0.1, 0.15) is 45.2 Å². The van der Waals surface area contributed by atoms with Gasteiger partial charge in [-0.25, -0.2) is 0 Å². The molecule has 2 unspecified atom stereocenters. The average Bonchev–Trinajstić information content (AvgIpc) is 2.55. The smallest absolute Gasteiger partial charge is 0.225 e. The summed E-state index contributed by atoms with van der Waals surface area (Å²) >= 11 is 0. The monoisotopic (exact) mass is 355 g/mol. The van der Waals surface area contributed by atoms with Crippen LogP contribution in [0.25, 0.3) is 0 Å². The molecule has 1 aromatic rings. The molecule has 0 aromatic carbocycles. The van der Waals surface area contributed by atoms with Crippen LogP contribution < -0.4 is 5.32 Å². The molecule has 0 radical (unpaired) electrons. The first-order chi connectivity index (χ1) is 11.1. The molecule has 24 heavy (non-hydrogen) atoms. The lowest BCUT2D eigenvalue weighted by molar-refractivity contribution is -0.136. The van der Waals surface area contributed by atoms with Crippen LogP contribution in [0, 0.1) is 5.92 Å². The number of rotatable bonds is 7. The Morgan fingerprint density at radius 1 is 1.46 bits per heavy atom. The fourth-order valence-corrected chi connectivity index (χ4v) is 3.10. The Morgan fingerprint density at radius 3 is 2.92 bits per heavy atom. The molecule has 1 amide bonds. The third-order valence-corrected chi connectivity index (χ3v) is 4.15. The van der Waals surface area contributed by atoms with Crippen LogP contribution in [-0.4, -0.2) is 48.1 Å². The maximum absolute atomic E-state index is 12.6. The van der Waals surface area contributed by atoms with Gasteiger partial charge in [0, 0.05) is 32.0 Å². The van der Waals surface area contributed by atoms with Gasteiger partial charge in [-0.05, 0) is 30.9 Å². The summed E-state index contributed by atoms with van der Waals surface area (Å²) in [6, 6.07) is 4.02. The van der Waals surface area contributed by atoms with Crippen molar-refractivity contribution in [3.63, 3.8) is 0 Å². The minimum Gasteiger partial charge on any atom is -0.378 e. The first-order valence-corrected chi connectivity index (χ1v) is 8.59. The Balaban J connectivity index is 0.00000288. The molecule has 0 aliphatic carbocycles. The van der Waals surface area contributed by atoms with Gasteiger partial charge in [-0.2, -0.15) is 0 Å². The van der Waals surface area contributed by atoms with Crippen molar-refractivity contribution in [1.29, 1.82) is 0 Å². The van der Waals surface area contributed by atoms with Crippen molar-refractivity contribution in [2.45, 2.75) is 45.8 Å². The molecule has 6 heteroatoms. The number of carbonyl (C=O) groups excluding carboxylic acids is 1. The van der Waals surface area contributed by atoms with Crippen LogP contribution in [0.3, 0.4) is 0 Å². The zero-order chi connectivity index (χ0) is 16.7. The van der Waals surface area contributed by atoms with Crippen molar-refractivity contribution >= 4 is 18.3 Å². The number of hydrogen-bond donors (Lipinski definition) is 1. The lowest BCUT2D eigenvalue weighted by Crippen LogP contribution is -2.49. The molecule has 1 aliphatic rings. The highest BCUT2D eigenvalue weighted by Gasteiger charge is 2.27. The van der Waals surface area contributed by atoms with E-state index in [1.165, 1.54) is 0 Å². The minimum atomic E-state index is 0. The third-order valence-electron chi connectivity index (χ3n) is 4.15.